The van der Waals surface area contributed by atoms with Crippen molar-refractivity contribution >= 4 is 21.7 Å². The first-order valence-corrected chi connectivity index (χ1v) is 10.2. The molecule has 2 fully saturated rings. The zero-order valence-corrected chi connectivity index (χ0v) is 14.5. The lowest BCUT2D eigenvalue weighted by molar-refractivity contribution is -0.130. The van der Waals surface area contributed by atoms with E-state index in [9.17, 15) is 18.0 Å². The zero-order valence-electron chi connectivity index (χ0n) is 13.7. The third-order valence-electron chi connectivity index (χ3n) is 4.72. The van der Waals surface area contributed by atoms with Crippen LogP contribution < -0.4 is 11.1 Å². The Balaban J connectivity index is 1.90. The van der Waals surface area contributed by atoms with Gasteiger partial charge in [0.15, 0.2) is 9.84 Å². The number of rotatable bonds is 7. The Labute approximate surface area is 137 Å². The van der Waals surface area contributed by atoms with Crippen molar-refractivity contribution in [3.63, 3.8) is 0 Å². The van der Waals surface area contributed by atoms with Gasteiger partial charge in [-0.15, -0.1) is 0 Å². The highest BCUT2D eigenvalue weighted by Crippen LogP contribution is 2.26. The van der Waals surface area contributed by atoms with E-state index >= 15 is 0 Å². The van der Waals surface area contributed by atoms with Crippen LogP contribution in [0.3, 0.4) is 0 Å². The Morgan fingerprint density at radius 3 is 2.78 bits per heavy atom. The van der Waals surface area contributed by atoms with Crippen LogP contribution in [-0.4, -0.2) is 61.8 Å². The third-order valence-corrected chi connectivity index (χ3v) is 6.47. The monoisotopic (exact) mass is 345 g/mol. The molecule has 7 nitrogen and oxygen atoms in total. The quantitative estimate of drug-likeness (QED) is 0.656. The van der Waals surface area contributed by atoms with Crippen molar-refractivity contribution in [3.8, 4) is 0 Å². The summed E-state index contributed by atoms with van der Waals surface area (Å²) >= 11 is 0. The minimum atomic E-state index is -3.04. The van der Waals surface area contributed by atoms with Gasteiger partial charge >= 0.3 is 0 Å². The molecule has 2 aliphatic heterocycles. The normalized spacial score (nSPS) is 28.1. The predicted molar refractivity (Wildman–Crippen MR) is 87.4 cm³/mol. The van der Waals surface area contributed by atoms with Gasteiger partial charge in [-0.05, 0) is 12.8 Å². The van der Waals surface area contributed by atoms with Gasteiger partial charge in [-0.1, -0.05) is 19.8 Å². The zero-order chi connectivity index (χ0) is 17.0. The van der Waals surface area contributed by atoms with Crippen LogP contribution in [0.5, 0.6) is 0 Å². The van der Waals surface area contributed by atoms with Crippen LogP contribution in [0.25, 0.3) is 0 Å². The van der Waals surface area contributed by atoms with Crippen molar-refractivity contribution in [2.75, 3.05) is 24.6 Å². The fraction of sp³-hybridized carbons (Fsp3) is 0.867. The van der Waals surface area contributed by atoms with Gasteiger partial charge in [0.1, 0.15) is 0 Å². The third kappa shape index (κ3) is 4.67. The molecular weight excluding hydrogens is 318 g/mol. The molecular formula is C15H27N3O4S. The summed E-state index contributed by atoms with van der Waals surface area (Å²) in [7, 11) is -3.04. The van der Waals surface area contributed by atoms with E-state index in [1.165, 1.54) is 0 Å². The highest BCUT2D eigenvalue weighted by molar-refractivity contribution is 7.91. The van der Waals surface area contributed by atoms with E-state index in [1.54, 1.807) is 4.90 Å². The molecule has 23 heavy (non-hydrogen) atoms. The van der Waals surface area contributed by atoms with Gasteiger partial charge < -0.3 is 16.0 Å². The largest absolute Gasteiger partial charge is 0.352 e. The minimum Gasteiger partial charge on any atom is -0.352 e. The Hall–Kier alpha value is -1.15. The number of nitrogens with zero attached hydrogens (tertiary/aromatic N) is 1. The van der Waals surface area contributed by atoms with Gasteiger partial charge in [0.2, 0.25) is 11.8 Å². The predicted octanol–water partition coefficient (Wildman–Crippen LogP) is -0.344. The fourth-order valence-electron chi connectivity index (χ4n) is 3.30. The van der Waals surface area contributed by atoms with Crippen LogP contribution >= 0.6 is 0 Å². The molecule has 0 aromatic rings. The highest BCUT2D eigenvalue weighted by Gasteiger charge is 2.42. The molecule has 2 amide bonds. The molecule has 3 unspecified atom stereocenters. The molecule has 2 saturated heterocycles. The van der Waals surface area contributed by atoms with Crippen molar-refractivity contribution in [1.82, 2.24) is 10.2 Å². The second-order valence-electron chi connectivity index (χ2n) is 6.59. The average Bonchev–Trinajstić information content (AvgIpc) is 3.05. The molecule has 0 bridgehead atoms. The van der Waals surface area contributed by atoms with Gasteiger partial charge in [-0.3, -0.25) is 9.59 Å². The summed E-state index contributed by atoms with van der Waals surface area (Å²) < 4.78 is 23.1. The van der Waals surface area contributed by atoms with E-state index in [0.29, 0.717) is 19.5 Å². The summed E-state index contributed by atoms with van der Waals surface area (Å²) in [6.07, 6.45) is 3.51. The first kappa shape index (κ1) is 18.2. The number of hydrogen-bond donors (Lipinski definition) is 2. The summed E-state index contributed by atoms with van der Waals surface area (Å²) in [4.78, 5) is 26.1. The maximum atomic E-state index is 12.3. The van der Waals surface area contributed by atoms with Crippen molar-refractivity contribution in [1.29, 1.82) is 0 Å². The van der Waals surface area contributed by atoms with Crippen LogP contribution in [-0.2, 0) is 19.4 Å². The standard InChI is InChI=1S/C15H27N3O4S/c1-2-3-4-12(8-16)17-15(20)11-7-14(19)18(9-11)13-5-6-23(21,22)10-13/h11-13H,2-10,16H2,1H3,(H,17,20). The van der Waals surface area contributed by atoms with Crippen LogP contribution in [0, 0.1) is 5.92 Å². The van der Waals surface area contributed by atoms with E-state index in [-0.39, 0.29) is 41.8 Å². The maximum absolute atomic E-state index is 12.3. The molecule has 2 rings (SSSR count). The van der Waals surface area contributed by atoms with E-state index in [2.05, 4.69) is 12.2 Å². The lowest BCUT2D eigenvalue weighted by Gasteiger charge is -2.23. The van der Waals surface area contributed by atoms with E-state index in [1.807, 2.05) is 0 Å². The smallest absolute Gasteiger partial charge is 0.225 e. The number of unbranched alkanes of at least 4 members (excludes halogenated alkanes) is 1. The second kappa shape index (κ2) is 7.61. The summed E-state index contributed by atoms with van der Waals surface area (Å²) in [6.45, 7) is 2.78. The Morgan fingerprint density at radius 1 is 1.48 bits per heavy atom. The number of amides is 2. The minimum absolute atomic E-state index is 0.0228. The number of carbonyl (C=O) groups is 2. The number of nitrogens with two attached hydrogens (primary N) is 1. The molecule has 0 aliphatic carbocycles. The lowest BCUT2D eigenvalue weighted by Crippen LogP contribution is -2.44. The molecule has 0 aromatic heterocycles. The SMILES string of the molecule is CCCCC(CN)NC(=O)C1CC(=O)N(C2CCS(=O)(=O)C2)C1. The van der Waals surface area contributed by atoms with Gasteiger partial charge in [-0.25, -0.2) is 8.42 Å². The first-order valence-electron chi connectivity index (χ1n) is 8.36. The van der Waals surface area contributed by atoms with E-state index in [4.69, 9.17) is 5.73 Å². The second-order valence-corrected chi connectivity index (χ2v) is 8.82. The molecule has 0 spiro atoms. The molecule has 2 heterocycles. The lowest BCUT2D eigenvalue weighted by atomic mass is 10.1. The number of sulfone groups is 1. The highest BCUT2D eigenvalue weighted by atomic mass is 32.2. The van der Waals surface area contributed by atoms with Gasteiger partial charge in [-0.2, -0.15) is 0 Å². The molecule has 2 aliphatic rings. The van der Waals surface area contributed by atoms with Gasteiger partial charge in [0.05, 0.1) is 17.4 Å². The van der Waals surface area contributed by atoms with Gasteiger partial charge in [0, 0.05) is 31.6 Å². The van der Waals surface area contributed by atoms with Crippen LogP contribution in [0.2, 0.25) is 0 Å². The molecule has 132 valence electrons. The van der Waals surface area contributed by atoms with Gasteiger partial charge in [0.25, 0.3) is 0 Å². The first-order chi connectivity index (χ1) is 10.9. The fourth-order valence-corrected chi connectivity index (χ4v) is 5.03. The van der Waals surface area contributed by atoms with E-state index < -0.39 is 15.8 Å². The number of carbonyl (C=O) groups excluding carboxylic acids is 2. The topological polar surface area (TPSA) is 110 Å². The molecule has 0 radical (unpaired) electrons. The van der Waals surface area contributed by atoms with Crippen molar-refractivity contribution in [2.24, 2.45) is 11.7 Å². The summed E-state index contributed by atoms with van der Waals surface area (Å²) in [5.74, 6) is -0.514. The number of hydrogen-bond acceptors (Lipinski definition) is 5. The molecule has 3 N–H and O–H groups in total. The average molecular weight is 345 g/mol. The van der Waals surface area contributed by atoms with Crippen molar-refractivity contribution in [3.05, 3.63) is 0 Å². The Kier molecular flexibility index (Phi) is 6.02. The molecule has 0 saturated carbocycles. The number of nitrogens with one attached hydrogen (secondary N) is 1. The molecule has 3 atom stereocenters. The number of likely N-dealkylation sites (tertiary alicyclic amines) is 1. The maximum Gasteiger partial charge on any atom is 0.225 e. The Morgan fingerprint density at radius 2 is 2.22 bits per heavy atom. The van der Waals surface area contributed by atoms with Crippen LogP contribution in [0.1, 0.15) is 39.0 Å². The van der Waals surface area contributed by atoms with Crippen molar-refractivity contribution in [2.45, 2.75) is 51.1 Å². The van der Waals surface area contributed by atoms with E-state index in [0.717, 1.165) is 19.3 Å². The molecule has 8 heteroatoms. The molecule has 0 aromatic carbocycles. The van der Waals surface area contributed by atoms with Crippen LogP contribution in [0.4, 0.5) is 0 Å². The van der Waals surface area contributed by atoms with Crippen LogP contribution in [0.15, 0.2) is 0 Å². The Bertz CT molecular complexity index is 549. The van der Waals surface area contributed by atoms with Crippen molar-refractivity contribution < 1.29 is 18.0 Å². The summed E-state index contributed by atoms with van der Waals surface area (Å²) in [5.41, 5.74) is 5.69. The summed E-state index contributed by atoms with van der Waals surface area (Å²) in [5, 5.41) is 2.93. The summed E-state index contributed by atoms with van der Waals surface area (Å²) in [6, 6.07) is -0.325.